The Labute approximate surface area is 117 Å². The first-order valence-electron chi connectivity index (χ1n) is 7.65. The molecule has 1 fully saturated rings. The number of aliphatic carboxylic acids is 1. The second-order valence-corrected chi connectivity index (χ2v) is 6.18. The maximum atomic E-state index is 11.5. The molecule has 4 heteroatoms. The first-order valence-corrected chi connectivity index (χ1v) is 7.65. The number of hydrogen-bond acceptors (Lipinski definition) is 3. The lowest BCUT2D eigenvalue weighted by Crippen LogP contribution is -2.53. The van der Waals surface area contributed by atoms with E-state index in [1.807, 2.05) is 6.92 Å². The Bertz CT molecular complexity index is 286. The fourth-order valence-electron chi connectivity index (χ4n) is 2.94. The van der Waals surface area contributed by atoms with E-state index in [0.29, 0.717) is 18.5 Å². The van der Waals surface area contributed by atoms with Crippen LogP contribution in [0, 0.1) is 0 Å². The molecule has 4 nitrogen and oxygen atoms in total. The summed E-state index contributed by atoms with van der Waals surface area (Å²) in [5.74, 6) is -0.738. The van der Waals surface area contributed by atoms with Gasteiger partial charge in [-0.15, -0.1) is 0 Å². The molecule has 1 saturated heterocycles. The van der Waals surface area contributed by atoms with Crippen LogP contribution in [0.3, 0.4) is 0 Å². The van der Waals surface area contributed by atoms with Crippen molar-refractivity contribution in [1.82, 2.24) is 10.2 Å². The SMILES string of the molecule is CCCNC(C)(CCN1C(C)CCCC1C)C(=O)O. The van der Waals surface area contributed by atoms with Crippen molar-refractivity contribution in [2.24, 2.45) is 0 Å². The predicted molar refractivity (Wildman–Crippen MR) is 78.4 cm³/mol. The number of rotatable bonds is 7. The standard InChI is InChI=1S/C15H30N2O2/c1-5-10-16-15(4,14(18)19)9-11-17-12(2)7-6-8-13(17)3/h12-13,16H,5-11H2,1-4H3,(H,18,19). The van der Waals surface area contributed by atoms with Gasteiger partial charge < -0.3 is 10.4 Å². The Balaban J connectivity index is 2.57. The van der Waals surface area contributed by atoms with E-state index in [-0.39, 0.29) is 0 Å². The number of carboxylic acid groups (broad SMARTS) is 1. The van der Waals surface area contributed by atoms with Crippen LogP contribution in [-0.4, -0.2) is 46.7 Å². The lowest BCUT2D eigenvalue weighted by molar-refractivity contribution is -0.144. The highest BCUT2D eigenvalue weighted by Crippen LogP contribution is 2.24. The average molecular weight is 270 g/mol. The van der Waals surface area contributed by atoms with Crippen LogP contribution in [0.5, 0.6) is 0 Å². The molecule has 3 unspecified atom stereocenters. The quantitative estimate of drug-likeness (QED) is 0.746. The minimum atomic E-state index is -0.799. The van der Waals surface area contributed by atoms with Gasteiger partial charge in [-0.25, -0.2) is 0 Å². The van der Waals surface area contributed by atoms with E-state index in [4.69, 9.17) is 0 Å². The second-order valence-electron chi connectivity index (χ2n) is 6.18. The molecule has 0 radical (unpaired) electrons. The number of carboxylic acids is 1. The van der Waals surface area contributed by atoms with E-state index in [1.165, 1.54) is 19.3 Å². The van der Waals surface area contributed by atoms with Gasteiger partial charge in [-0.1, -0.05) is 13.3 Å². The van der Waals surface area contributed by atoms with Gasteiger partial charge in [0.2, 0.25) is 0 Å². The highest BCUT2D eigenvalue weighted by Gasteiger charge is 2.34. The second kappa shape index (κ2) is 7.25. The molecule has 0 saturated carbocycles. The number of nitrogens with zero attached hydrogens (tertiary/aromatic N) is 1. The molecule has 112 valence electrons. The van der Waals surface area contributed by atoms with Crippen LogP contribution in [0.25, 0.3) is 0 Å². The minimum Gasteiger partial charge on any atom is -0.480 e. The molecule has 1 aliphatic rings. The molecule has 0 aromatic rings. The number of piperidine rings is 1. The van der Waals surface area contributed by atoms with Crippen molar-refractivity contribution >= 4 is 5.97 Å². The molecule has 0 aromatic heterocycles. The average Bonchev–Trinajstić information content (AvgIpc) is 2.35. The van der Waals surface area contributed by atoms with E-state index in [2.05, 4.69) is 31.0 Å². The number of likely N-dealkylation sites (tertiary alicyclic amines) is 1. The van der Waals surface area contributed by atoms with Crippen molar-refractivity contribution < 1.29 is 9.90 Å². The van der Waals surface area contributed by atoms with E-state index in [9.17, 15) is 9.90 Å². The highest BCUT2D eigenvalue weighted by molar-refractivity contribution is 5.78. The van der Waals surface area contributed by atoms with E-state index in [0.717, 1.165) is 19.5 Å². The van der Waals surface area contributed by atoms with Gasteiger partial charge in [0.05, 0.1) is 0 Å². The fourth-order valence-corrected chi connectivity index (χ4v) is 2.94. The molecule has 0 aliphatic carbocycles. The van der Waals surface area contributed by atoms with Crippen LogP contribution in [0.4, 0.5) is 0 Å². The van der Waals surface area contributed by atoms with Gasteiger partial charge in [-0.05, 0) is 53.0 Å². The molecular formula is C15H30N2O2. The molecule has 2 N–H and O–H groups in total. The minimum absolute atomic E-state index is 0.577. The Kier molecular flexibility index (Phi) is 6.27. The van der Waals surface area contributed by atoms with Crippen LogP contribution in [0.2, 0.25) is 0 Å². The summed E-state index contributed by atoms with van der Waals surface area (Å²) >= 11 is 0. The summed E-state index contributed by atoms with van der Waals surface area (Å²) in [6.45, 7) is 10.0. The smallest absolute Gasteiger partial charge is 0.323 e. The molecule has 0 amide bonds. The Hall–Kier alpha value is -0.610. The Morgan fingerprint density at radius 3 is 2.42 bits per heavy atom. The Morgan fingerprint density at radius 2 is 1.95 bits per heavy atom. The zero-order valence-corrected chi connectivity index (χ0v) is 12.9. The van der Waals surface area contributed by atoms with Gasteiger partial charge in [0.25, 0.3) is 0 Å². The van der Waals surface area contributed by atoms with Crippen molar-refractivity contribution in [3.05, 3.63) is 0 Å². The molecule has 19 heavy (non-hydrogen) atoms. The molecule has 0 bridgehead atoms. The first-order chi connectivity index (χ1) is 8.90. The number of nitrogens with one attached hydrogen (secondary N) is 1. The summed E-state index contributed by atoms with van der Waals surface area (Å²) in [5.41, 5.74) is -0.799. The largest absolute Gasteiger partial charge is 0.480 e. The summed E-state index contributed by atoms with van der Waals surface area (Å²) in [6.07, 6.45) is 5.38. The van der Waals surface area contributed by atoms with Gasteiger partial charge in [-0.3, -0.25) is 9.69 Å². The van der Waals surface area contributed by atoms with Gasteiger partial charge in [0.15, 0.2) is 0 Å². The lowest BCUT2D eigenvalue weighted by atomic mass is 9.93. The molecule has 1 aliphatic heterocycles. The van der Waals surface area contributed by atoms with Crippen LogP contribution < -0.4 is 5.32 Å². The maximum Gasteiger partial charge on any atom is 0.323 e. The van der Waals surface area contributed by atoms with Crippen LogP contribution in [0.1, 0.15) is 59.8 Å². The molecule has 3 atom stereocenters. The van der Waals surface area contributed by atoms with Crippen LogP contribution >= 0.6 is 0 Å². The van der Waals surface area contributed by atoms with Crippen LogP contribution in [0.15, 0.2) is 0 Å². The lowest BCUT2D eigenvalue weighted by Gasteiger charge is -2.40. The van der Waals surface area contributed by atoms with Crippen molar-refractivity contribution in [1.29, 1.82) is 0 Å². The zero-order chi connectivity index (χ0) is 14.5. The maximum absolute atomic E-state index is 11.5. The summed E-state index contributed by atoms with van der Waals surface area (Å²) in [6, 6.07) is 1.15. The molecule has 1 rings (SSSR count). The highest BCUT2D eigenvalue weighted by atomic mass is 16.4. The van der Waals surface area contributed by atoms with E-state index < -0.39 is 11.5 Å². The fraction of sp³-hybridized carbons (Fsp3) is 0.933. The van der Waals surface area contributed by atoms with Gasteiger partial charge in [0, 0.05) is 18.6 Å². The summed E-state index contributed by atoms with van der Waals surface area (Å²) in [5, 5.41) is 12.6. The third-order valence-corrected chi connectivity index (χ3v) is 4.48. The summed E-state index contributed by atoms with van der Waals surface area (Å²) in [7, 11) is 0. The van der Waals surface area contributed by atoms with Gasteiger partial charge in [0.1, 0.15) is 5.54 Å². The van der Waals surface area contributed by atoms with Crippen LogP contribution in [-0.2, 0) is 4.79 Å². The Morgan fingerprint density at radius 1 is 1.37 bits per heavy atom. The van der Waals surface area contributed by atoms with Gasteiger partial charge >= 0.3 is 5.97 Å². The monoisotopic (exact) mass is 270 g/mol. The summed E-state index contributed by atoms with van der Waals surface area (Å²) < 4.78 is 0. The van der Waals surface area contributed by atoms with Crippen molar-refractivity contribution in [3.8, 4) is 0 Å². The predicted octanol–water partition coefficient (Wildman–Crippen LogP) is 2.48. The molecular weight excluding hydrogens is 240 g/mol. The number of hydrogen-bond donors (Lipinski definition) is 2. The topological polar surface area (TPSA) is 52.6 Å². The van der Waals surface area contributed by atoms with Crippen molar-refractivity contribution in [2.75, 3.05) is 13.1 Å². The van der Waals surface area contributed by atoms with E-state index in [1.54, 1.807) is 0 Å². The van der Waals surface area contributed by atoms with Crippen molar-refractivity contribution in [3.63, 3.8) is 0 Å². The molecule has 1 heterocycles. The third kappa shape index (κ3) is 4.46. The molecule has 0 spiro atoms. The number of carbonyl (C=O) groups is 1. The summed E-state index contributed by atoms with van der Waals surface area (Å²) in [4.78, 5) is 14.0. The van der Waals surface area contributed by atoms with Gasteiger partial charge in [-0.2, -0.15) is 0 Å². The third-order valence-electron chi connectivity index (χ3n) is 4.48. The first kappa shape index (κ1) is 16.4. The van der Waals surface area contributed by atoms with E-state index >= 15 is 0 Å². The van der Waals surface area contributed by atoms with Crippen molar-refractivity contribution in [2.45, 2.75) is 77.4 Å². The zero-order valence-electron chi connectivity index (χ0n) is 12.9. The molecule has 0 aromatic carbocycles. The normalized spacial score (nSPS) is 28.0.